The molecule has 2 aliphatic rings. The SMILES string of the molecule is CC(C)C1CCCCC1N1CC(=O)NC(C(C)(C)C)C1=O. The van der Waals surface area contributed by atoms with Crippen LogP contribution >= 0.6 is 0 Å². The quantitative estimate of drug-likeness (QED) is 0.851. The monoisotopic (exact) mass is 294 g/mol. The molecule has 21 heavy (non-hydrogen) atoms. The zero-order chi connectivity index (χ0) is 15.8. The molecule has 2 fully saturated rings. The lowest BCUT2D eigenvalue weighted by Gasteiger charge is -2.47. The van der Waals surface area contributed by atoms with Gasteiger partial charge in [-0.15, -0.1) is 0 Å². The number of nitrogens with zero attached hydrogens (tertiary/aromatic N) is 1. The second-order valence-electron chi connectivity index (χ2n) is 8.09. The van der Waals surface area contributed by atoms with Crippen LogP contribution in [0.3, 0.4) is 0 Å². The number of carbonyl (C=O) groups is 2. The van der Waals surface area contributed by atoms with E-state index in [1.165, 1.54) is 19.3 Å². The summed E-state index contributed by atoms with van der Waals surface area (Å²) in [5, 5.41) is 2.89. The van der Waals surface area contributed by atoms with E-state index in [-0.39, 0.29) is 29.8 Å². The summed E-state index contributed by atoms with van der Waals surface area (Å²) in [6.45, 7) is 10.7. The third-order valence-electron chi connectivity index (χ3n) is 5.05. The van der Waals surface area contributed by atoms with Gasteiger partial charge in [0.25, 0.3) is 0 Å². The predicted octanol–water partition coefficient (Wildman–Crippen LogP) is 2.57. The summed E-state index contributed by atoms with van der Waals surface area (Å²) in [4.78, 5) is 26.9. The number of amides is 2. The summed E-state index contributed by atoms with van der Waals surface area (Å²) >= 11 is 0. The Bertz CT molecular complexity index is 412. The maximum absolute atomic E-state index is 12.9. The van der Waals surface area contributed by atoms with Crippen molar-refractivity contribution in [3.8, 4) is 0 Å². The van der Waals surface area contributed by atoms with Gasteiger partial charge in [0.1, 0.15) is 6.04 Å². The van der Waals surface area contributed by atoms with Crippen molar-refractivity contribution >= 4 is 11.8 Å². The van der Waals surface area contributed by atoms with Gasteiger partial charge in [0.05, 0.1) is 6.54 Å². The highest BCUT2D eigenvalue weighted by Gasteiger charge is 2.44. The molecule has 4 heteroatoms. The molecule has 0 aromatic rings. The summed E-state index contributed by atoms with van der Waals surface area (Å²) in [6, 6.07) is -0.157. The van der Waals surface area contributed by atoms with Crippen LogP contribution in [0.1, 0.15) is 60.3 Å². The number of nitrogens with one attached hydrogen (secondary N) is 1. The van der Waals surface area contributed by atoms with E-state index in [4.69, 9.17) is 0 Å². The summed E-state index contributed by atoms with van der Waals surface area (Å²) in [5.74, 6) is 1.18. The molecule has 3 atom stereocenters. The Morgan fingerprint density at radius 1 is 1.14 bits per heavy atom. The van der Waals surface area contributed by atoms with E-state index in [0.29, 0.717) is 11.8 Å². The number of carbonyl (C=O) groups excluding carboxylic acids is 2. The summed E-state index contributed by atoms with van der Waals surface area (Å²) < 4.78 is 0. The maximum atomic E-state index is 12.9. The van der Waals surface area contributed by atoms with Crippen molar-refractivity contribution in [2.45, 2.75) is 72.4 Å². The first-order valence-corrected chi connectivity index (χ1v) is 8.31. The third-order valence-corrected chi connectivity index (χ3v) is 5.05. The molecular formula is C17H30N2O2. The number of rotatable bonds is 2. The van der Waals surface area contributed by atoms with Crippen molar-refractivity contribution in [1.82, 2.24) is 10.2 Å². The topological polar surface area (TPSA) is 49.4 Å². The van der Waals surface area contributed by atoms with Gasteiger partial charge in [-0.05, 0) is 30.1 Å². The molecule has 0 aromatic carbocycles. The van der Waals surface area contributed by atoms with Crippen LogP contribution in [0.5, 0.6) is 0 Å². The minimum absolute atomic E-state index is 0.0115. The third kappa shape index (κ3) is 3.41. The lowest BCUT2D eigenvalue weighted by molar-refractivity contribution is -0.152. The van der Waals surface area contributed by atoms with Crippen LogP contribution in [0.2, 0.25) is 0 Å². The highest BCUT2D eigenvalue weighted by molar-refractivity contribution is 5.95. The number of hydrogen-bond acceptors (Lipinski definition) is 2. The van der Waals surface area contributed by atoms with Crippen molar-refractivity contribution in [3.63, 3.8) is 0 Å². The molecule has 2 rings (SSSR count). The molecule has 2 amide bonds. The van der Waals surface area contributed by atoms with Gasteiger partial charge in [0.15, 0.2) is 0 Å². The molecule has 1 aliphatic carbocycles. The van der Waals surface area contributed by atoms with Crippen LogP contribution < -0.4 is 5.32 Å². The molecule has 1 saturated carbocycles. The lowest BCUT2D eigenvalue weighted by atomic mass is 9.76. The maximum Gasteiger partial charge on any atom is 0.246 e. The fourth-order valence-electron chi connectivity index (χ4n) is 3.84. The van der Waals surface area contributed by atoms with Crippen LogP contribution in [0.4, 0.5) is 0 Å². The molecule has 4 nitrogen and oxygen atoms in total. The standard InChI is InChI=1S/C17H30N2O2/c1-11(2)12-8-6-7-9-13(12)19-10-14(20)18-15(16(19)21)17(3,4)5/h11-13,15H,6-10H2,1-5H3,(H,18,20). The van der Waals surface area contributed by atoms with Gasteiger partial charge < -0.3 is 10.2 Å². The Morgan fingerprint density at radius 3 is 2.33 bits per heavy atom. The van der Waals surface area contributed by atoms with Crippen molar-refractivity contribution < 1.29 is 9.59 Å². The van der Waals surface area contributed by atoms with Crippen molar-refractivity contribution in [1.29, 1.82) is 0 Å². The molecular weight excluding hydrogens is 264 g/mol. The molecule has 1 N–H and O–H groups in total. The predicted molar refractivity (Wildman–Crippen MR) is 83.7 cm³/mol. The van der Waals surface area contributed by atoms with E-state index in [2.05, 4.69) is 19.2 Å². The summed E-state index contributed by atoms with van der Waals surface area (Å²) in [7, 11) is 0. The normalized spacial score (nSPS) is 31.5. The van der Waals surface area contributed by atoms with Gasteiger partial charge in [-0.1, -0.05) is 47.5 Å². The molecule has 1 saturated heterocycles. The van der Waals surface area contributed by atoms with E-state index >= 15 is 0 Å². The van der Waals surface area contributed by atoms with E-state index in [9.17, 15) is 9.59 Å². The molecule has 120 valence electrons. The van der Waals surface area contributed by atoms with E-state index in [1.807, 2.05) is 25.7 Å². The van der Waals surface area contributed by atoms with Crippen LogP contribution in [0.15, 0.2) is 0 Å². The first-order valence-electron chi connectivity index (χ1n) is 8.31. The Hall–Kier alpha value is -1.06. The van der Waals surface area contributed by atoms with Gasteiger partial charge in [-0.2, -0.15) is 0 Å². The van der Waals surface area contributed by atoms with Crippen molar-refractivity contribution in [2.75, 3.05) is 6.54 Å². The van der Waals surface area contributed by atoms with Crippen LogP contribution in [-0.4, -0.2) is 35.3 Å². The Morgan fingerprint density at radius 2 is 1.76 bits per heavy atom. The Balaban J connectivity index is 2.24. The number of hydrogen-bond donors (Lipinski definition) is 1. The largest absolute Gasteiger partial charge is 0.342 e. The van der Waals surface area contributed by atoms with Crippen LogP contribution in [-0.2, 0) is 9.59 Å². The molecule has 1 aliphatic heterocycles. The summed E-state index contributed by atoms with van der Waals surface area (Å²) in [5.41, 5.74) is -0.243. The van der Waals surface area contributed by atoms with E-state index in [1.54, 1.807) is 0 Å². The highest BCUT2D eigenvalue weighted by Crippen LogP contribution is 2.35. The van der Waals surface area contributed by atoms with Crippen molar-refractivity contribution in [2.24, 2.45) is 17.3 Å². The first kappa shape index (κ1) is 16.3. The second kappa shape index (κ2) is 5.98. The van der Waals surface area contributed by atoms with Crippen LogP contribution in [0, 0.1) is 17.3 Å². The summed E-state index contributed by atoms with van der Waals surface area (Å²) in [6.07, 6.45) is 4.63. The minimum atomic E-state index is -0.395. The Kier molecular flexibility index (Phi) is 4.64. The molecule has 0 radical (unpaired) electrons. The van der Waals surface area contributed by atoms with Gasteiger partial charge in [0, 0.05) is 6.04 Å². The van der Waals surface area contributed by atoms with Gasteiger partial charge in [-0.3, -0.25) is 9.59 Å². The molecule has 0 bridgehead atoms. The molecule has 3 unspecified atom stereocenters. The van der Waals surface area contributed by atoms with E-state index in [0.717, 1.165) is 6.42 Å². The van der Waals surface area contributed by atoms with Crippen molar-refractivity contribution in [3.05, 3.63) is 0 Å². The molecule has 0 aromatic heterocycles. The second-order valence-corrected chi connectivity index (χ2v) is 8.09. The van der Waals surface area contributed by atoms with E-state index < -0.39 is 6.04 Å². The fourth-order valence-corrected chi connectivity index (χ4v) is 3.84. The fraction of sp³-hybridized carbons (Fsp3) is 0.882. The molecule has 1 heterocycles. The van der Waals surface area contributed by atoms with Crippen LogP contribution in [0.25, 0.3) is 0 Å². The zero-order valence-electron chi connectivity index (χ0n) is 14.1. The zero-order valence-corrected chi connectivity index (χ0v) is 14.1. The average molecular weight is 294 g/mol. The molecule has 0 spiro atoms. The number of piperazine rings is 1. The Labute approximate surface area is 128 Å². The lowest BCUT2D eigenvalue weighted by Crippen LogP contribution is -2.65. The van der Waals surface area contributed by atoms with Gasteiger partial charge in [0.2, 0.25) is 11.8 Å². The smallest absolute Gasteiger partial charge is 0.246 e. The highest BCUT2D eigenvalue weighted by atomic mass is 16.2. The first-order chi connectivity index (χ1) is 9.71. The van der Waals surface area contributed by atoms with Gasteiger partial charge in [-0.25, -0.2) is 0 Å². The van der Waals surface area contributed by atoms with Gasteiger partial charge >= 0.3 is 0 Å². The average Bonchev–Trinajstić information content (AvgIpc) is 2.39. The minimum Gasteiger partial charge on any atom is -0.342 e.